The predicted molar refractivity (Wildman–Crippen MR) is 122 cm³/mol. The molecule has 0 radical (unpaired) electrons. The van der Waals surface area contributed by atoms with Gasteiger partial charge in [0.25, 0.3) is 11.7 Å². The number of hydrogen-bond acceptors (Lipinski definition) is 4. The van der Waals surface area contributed by atoms with Crippen LogP contribution in [0.3, 0.4) is 0 Å². The van der Waals surface area contributed by atoms with Crippen LogP contribution in [0.25, 0.3) is 5.76 Å². The molecule has 5 heteroatoms. The molecular weight excluding hydrogens is 390 g/mol. The summed E-state index contributed by atoms with van der Waals surface area (Å²) in [7, 11) is 1.62. The summed E-state index contributed by atoms with van der Waals surface area (Å²) in [6, 6.07) is 10.9. The third kappa shape index (κ3) is 4.09. The molecule has 1 saturated heterocycles. The Hall–Kier alpha value is -3.08. The lowest BCUT2D eigenvalue weighted by atomic mass is 9.90. The normalized spacial score (nSPS) is 18.2. The van der Waals surface area contributed by atoms with Crippen LogP contribution < -0.4 is 4.74 Å². The second-order valence-electron chi connectivity index (χ2n) is 8.47. The van der Waals surface area contributed by atoms with E-state index in [-0.39, 0.29) is 17.3 Å². The summed E-state index contributed by atoms with van der Waals surface area (Å²) in [5.74, 6) is -0.433. The number of methoxy groups -OCH3 is 1. The van der Waals surface area contributed by atoms with Gasteiger partial charge in [-0.05, 0) is 55.0 Å². The van der Waals surface area contributed by atoms with Gasteiger partial charge in [0.2, 0.25) is 0 Å². The molecule has 1 amide bonds. The lowest BCUT2D eigenvalue weighted by Crippen LogP contribution is -2.30. The van der Waals surface area contributed by atoms with Gasteiger partial charge < -0.3 is 14.7 Å². The van der Waals surface area contributed by atoms with E-state index >= 15 is 0 Å². The van der Waals surface area contributed by atoms with Crippen molar-refractivity contribution < 1.29 is 19.4 Å². The maximum Gasteiger partial charge on any atom is 0.295 e. The van der Waals surface area contributed by atoms with E-state index in [9.17, 15) is 14.7 Å². The molecule has 1 aliphatic rings. The Kier molecular flexibility index (Phi) is 6.54. The number of carbonyl (C=O) groups excluding carboxylic acids is 2. The third-order valence-electron chi connectivity index (χ3n) is 5.82. The summed E-state index contributed by atoms with van der Waals surface area (Å²) < 4.78 is 5.51. The number of likely N-dealkylation sites (tertiary alicyclic amines) is 1. The van der Waals surface area contributed by atoms with Gasteiger partial charge in [0, 0.05) is 12.1 Å². The fraction of sp³-hybridized carbons (Fsp3) is 0.385. The lowest BCUT2D eigenvalue weighted by Gasteiger charge is -2.25. The molecule has 0 bridgehead atoms. The molecule has 1 N–H and O–H groups in total. The van der Waals surface area contributed by atoms with Gasteiger partial charge in [-0.3, -0.25) is 9.59 Å². The van der Waals surface area contributed by atoms with Gasteiger partial charge in [-0.2, -0.15) is 0 Å². The summed E-state index contributed by atoms with van der Waals surface area (Å²) in [6.45, 7) is 10.3. The quantitative estimate of drug-likeness (QED) is 0.392. The second kappa shape index (κ2) is 8.96. The van der Waals surface area contributed by atoms with Crippen LogP contribution in [0, 0.1) is 13.8 Å². The average Bonchev–Trinajstić information content (AvgIpc) is 2.98. The molecule has 2 aromatic rings. The Balaban J connectivity index is 2.27. The van der Waals surface area contributed by atoms with Crippen molar-refractivity contribution in [3.8, 4) is 5.75 Å². The average molecular weight is 422 g/mol. The van der Waals surface area contributed by atoms with E-state index in [1.165, 1.54) is 0 Å². The number of amides is 1. The summed E-state index contributed by atoms with van der Waals surface area (Å²) in [6.07, 6.45) is 0.717. The Labute approximate surface area is 184 Å². The molecule has 1 aliphatic heterocycles. The van der Waals surface area contributed by atoms with Crippen LogP contribution >= 0.6 is 0 Å². The standard InChI is InChI=1S/C26H31NO4/c1-7-11-27-23(18-10-8-9-16(4)12-18)22(25(29)26(27)30)24(28)20-14-19(15(2)3)21(31-6)13-17(20)5/h8-10,12-15,23,28H,7,11H2,1-6H3/b24-22+. The molecule has 1 heterocycles. The van der Waals surface area contributed by atoms with Gasteiger partial charge >= 0.3 is 0 Å². The molecule has 1 atom stereocenters. The minimum atomic E-state index is -0.640. The summed E-state index contributed by atoms with van der Waals surface area (Å²) in [5.41, 5.74) is 4.27. The van der Waals surface area contributed by atoms with Crippen molar-refractivity contribution >= 4 is 17.4 Å². The minimum absolute atomic E-state index is 0.134. The van der Waals surface area contributed by atoms with Crippen LogP contribution in [0.1, 0.15) is 67.0 Å². The number of aliphatic hydroxyl groups excluding tert-OH is 1. The fourth-order valence-corrected chi connectivity index (χ4v) is 4.26. The van der Waals surface area contributed by atoms with E-state index in [0.29, 0.717) is 18.5 Å². The van der Waals surface area contributed by atoms with Crippen LogP contribution in [0.2, 0.25) is 0 Å². The maximum atomic E-state index is 13.1. The third-order valence-corrected chi connectivity index (χ3v) is 5.82. The Morgan fingerprint density at radius 3 is 2.45 bits per heavy atom. The van der Waals surface area contributed by atoms with Gasteiger partial charge in [0.15, 0.2) is 0 Å². The number of nitrogens with zero attached hydrogens (tertiary/aromatic N) is 1. The highest BCUT2D eigenvalue weighted by Gasteiger charge is 2.45. The Morgan fingerprint density at radius 1 is 1.16 bits per heavy atom. The lowest BCUT2D eigenvalue weighted by molar-refractivity contribution is -0.139. The van der Waals surface area contributed by atoms with Crippen molar-refractivity contribution in [1.29, 1.82) is 0 Å². The van der Waals surface area contributed by atoms with Crippen LogP contribution in [0.15, 0.2) is 42.0 Å². The van der Waals surface area contributed by atoms with Crippen molar-refractivity contribution in [3.05, 3.63) is 69.8 Å². The molecule has 1 unspecified atom stereocenters. The number of ether oxygens (including phenoxy) is 1. The number of aliphatic hydroxyl groups is 1. The minimum Gasteiger partial charge on any atom is -0.507 e. The topological polar surface area (TPSA) is 66.8 Å². The van der Waals surface area contributed by atoms with Crippen molar-refractivity contribution in [3.63, 3.8) is 0 Å². The number of benzene rings is 2. The number of carbonyl (C=O) groups is 2. The zero-order valence-corrected chi connectivity index (χ0v) is 19.2. The number of aryl methyl sites for hydroxylation is 2. The molecule has 164 valence electrons. The maximum absolute atomic E-state index is 13.1. The van der Waals surface area contributed by atoms with Crippen LogP contribution in [0.5, 0.6) is 5.75 Å². The van der Waals surface area contributed by atoms with Crippen molar-refractivity contribution in [1.82, 2.24) is 4.90 Å². The highest BCUT2D eigenvalue weighted by atomic mass is 16.5. The number of hydrogen-bond donors (Lipinski definition) is 1. The number of rotatable bonds is 6. The van der Waals surface area contributed by atoms with Crippen molar-refractivity contribution in [2.45, 2.75) is 53.0 Å². The van der Waals surface area contributed by atoms with Crippen LogP contribution in [-0.4, -0.2) is 35.4 Å². The second-order valence-corrected chi connectivity index (χ2v) is 8.47. The molecule has 0 aromatic heterocycles. The summed E-state index contributed by atoms with van der Waals surface area (Å²) in [4.78, 5) is 27.5. The van der Waals surface area contributed by atoms with E-state index in [1.807, 2.05) is 71.0 Å². The van der Waals surface area contributed by atoms with Crippen LogP contribution in [0.4, 0.5) is 0 Å². The monoisotopic (exact) mass is 421 g/mol. The molecular formula is C26H31NO4. The van der Waals surface area contributed by atoms with Gasteiger partial charge in [-0.25, -0.2) is 0 Å². The molecule has 0 saturated carbocycles. The SMILES string of the molecule is CCCN1C(=O)C(=O)/C(=C(/O)c2cc(C(C)C)c(OC)cc2C)C1c1cccc(C)c1. The van der Waals surface area contributed by atoms with Gasteiger partial charge in [-0.15, -0.1) is 0 Å². The number of ketones is 1. The first kappa shape index (κ1) is 22.6. The van der Waals surface area contributed by atoms with Gasteiger partial charge in [0.05, 0.1) is 18.7 Å². The molecule has 5 nitrogen and oxygen atoms in total. The van der Waals surface area contributed by atoms with Gasteiger partial charge in [-0.1, -0.05) is 50.6 Å². The van der Waals surface area contributed by atoms with E-state index in [0.717, 1.165) is 28.0 Å². The number of Topliss-reactive ketones (excluding diaryl/α,β-unsaturated/α-hetero) is 1. The fourth-order valence-electron chi connectivity index (χ4n) is 4.26. The molecule has 3 rings (SSSR count). The van der Waals surface area contributed by atoms with Crippen molar-refractivity contribution in [2.75, 3.05) is 13.7 Å². The van der Waals surface area contributed by atoms with E-state index in [4.69, 9.17) is 4.74 Å². The first-order valence-electron chi connectivity index (χ1n) is 10.7. The Morgan fingerprint density at radius 2 is 1.87 bits per heavy atom. The highest BCUT2D eigenvalue weighted by molar-refractivity contribution is 6.46. The molecule has 31 heavy (non-hydrogen) atoms. The Bertz CT molecular complexity index is 1050. The zero-order valence-electron chi connectivity index (χ0n) is 19.2. The van der Waals surface area contributed by atoms with E-state index in [1.54, 1.807) is 12.0 Å². The molecule has 0 aliphatic carbocycles. The van der Waals surface area contributed by atoms with E-state index < -0.39 is 17.7 Å². The predicted octanol–water partition coefficient (Wildman–Crippen LogP) is 5.27. The molecule has 1 fully saturated rings. The zero-order chi connectivity index (χ0) is 22.9. The van der Waals surface area contributed by atoms with Crippen LogP contribution in [-0.2, 0) is 9.59 Å². The van der Waals surface area contributed by atoms with Gasteiger partial charge in [0.1, 0.15) is 11.5 Å². The smallest absolute Gasteiger partial charge is 0.295 e. The highest BCUT2D eigenvalue weighted by Crippen LogP contribution is 2.41. The van der Waals surface area contributed by atoms with E-state index in [2.05, 4.69) is 0 Å². The first-order chi connectivity index (χ1) is 14.7. The molecule has 0 spiro atoms. The van der Waals surface area contributed by atoms with Crippen molar-refractivity contribution in [2.24, 2.45) is 0 Å². The summed E-state index contributed by atoms with van der Waals surface area (Å²) >= 11 is 0. The molecule has 2 aromatic carbocycles. The summed E-state index contributed by atoms with van der Waals surface area (Å²) in [5, 5.41) is 11.4. The first-order valence-corrected chi connectivity index (χ1v) is 10.7. The largest absolute Gasteiger partial charge is 0.507 e.